The van der Waals surface area contributed by atoms with E-state index >= 15 is 0 Å². The quantitative estimate of drug-likeness (QED) is 0.0762. The molecule has 21 aliphatic heterocycles. The molecule has 35 nitrogen and oxygen atoms in total. The van der Waals surface area contributed by atoms with Gasteiger partial charge in [-0.2, -0.15) is 0 Å². The predicted molar refractivity (Wildman–Crippen MR) is 287 cm³/mol. The minimum atomic E-state index is -3.37. The molecule has 21 fully saturated rings. The van der Waals surface area contributed by atoms with Crippen LogP contribution < -0.4 is 0 Å². The van der Waals surface area contributed by atoms with E-state index in [2.05, 4.69) is 0 Å². The van der Waals surface area contributed by atoms with Gasteiger partial charge in [0.2, 0.25) is 0 Å². The summed E-state index contributed by atoms with van der Waals surface area (Å²) < 4.78 is 88.1. The first kappa shape index (κ1) is 74.6. The zero-order chi connectivity index (χ0) is 64.8. The van der Waals surface area contributed by atoms with Crippen molar-refractivity contribution in [2.45, 2.75) is 243 Å². The van der Waals surface area contributed by atoms with Crippen LogP contribution in [0.3, 0.4) is 0 Å². The molecule has 20 N–H and O–H groups in total. The Kier molecular flexibility index (Phi) is 26.7. The van der Waals surface area contributed by atoms with Crippen LogP contribution in [0.1, 0.15) is 6.42 Å². The number of rotatable bonds is 13. The monoisotopic (exact) mass is 1540 g/mol. The van der Waals surface area contributed by atoms with Crippen LogP contribution in [0.2, 0.25) is 21.7 Å². The molecule has 0 unspecified atom stereocenters. The normalized spacial score (nSPS) is 50.4. The molecule has 21 heterocycles. The van der Waals surface area contributed by atoms with Crippen LogP contribution in [0, 0.1) is 0 Å². The fourth-order valence-corrected chi connectivity index (χ4v) is 81.4. The van der Waals surface area contributed by atoms with E-state index in [4.69, 9.17) is 88.9 Å². The summed E-state index contributed by atoms with van der Waals surface area (Å²) in [6.07, 6.45) is -69.0. The zero-order valence-electron chi connectivity index (χ0n) is 48.0. The van der Waals surface area contributed by atoms with Crippen molar-refractivity contribution in [1.82, 2.24) is 0 Å². The first-order valence-corrected chi connectivity index (χ1v) is 50.7. The van der Waals surface area contributed by atoms with Gasteiger partial charge in [0, 0.05) is 0 Å². The summed E-state index contributed by atoms with van der Waals surface area (Å²) in [6, 6.07) is 0. The standard InChI is InChI=1S/C45H74O35.4CH3.2ClH.2Sn/c1-2-3-66-38-30(65)45-73-17(10-52)37(38)80-44-29(64)23(58)35(15(8-50)72-44)78-42-27(62)21(56)33(13(6-48)70-42)76-40-25(60)19(54)31(11(4-46)68-40)74-39-24(59)18(53)32(12(5-47)67-39)75-41-26(61)20(55)34(14(7-49)69-41)77-43-28(63)22(57)36(79-45)16(9-51)71-43;;;;;;;;/h1,11-65H,2-10H2;4*1H3;2*1H;;/q;;;;;;;2*+1/p-2/t11-,12-,13-,14-,15-,16-,17-,18-,19-,20-,21-,22-,23-,24-,25-,26-,27-,28-,29-,30-,31-,32-,33-,34-,35-,36-,37-,38-,39-,40-,41-,42-,43-,44-,45-;;;;;;;;/m1......../s1. The Morgan fingerprint density at radius 2 is 0.466 bits per heavy atom. The molecule has 14 bridgehead atoms. The molecule has 0 amide bonds. The Morgan fingerprint density at radius 3 is 0.659 bits per heavy atom. The van der Waals surface area contributed by atoms with Crippen molar-refractivity contribution in [2.75, 3.05) is 52.9 Å². The average Bonchev–Trinajstić information content (AvgIpc) is 1.03. The van der Waals surface area contributed by atoms with Crippen LogP contribution in [0.15, 0.2) is 0 Å². The van der Waals surface area contributed by atoms with Crippen LogP contribution in [0.4, 0.5) is 0 Å². The van der Waals surface area contributed by atoms with Crippen LogP contribution in [0.5, 0.6) is 0 Å². The van der Waals surface area contributed by atoms with E-state index in [1.807, 2.05) is 19.8 Å². The van der Waals surface area contributed by atoms with Crippen molar-refractivity contribution in [3.63, 3.8) is 0 Å². The van der Waals surface area contributed by atoms with E-state index in [1.165, 1.54) is 0 Å². The van der Waals surface area contributed by atoms with Gasteiger partial charge in [0.15, 0.2) is 25.2 Å². The second kappa shape index (κ2) is 31.5. The predicted octanol–water partition coefficient (Wildman–Crippen LogP) is -11.0. The first-order valence-electron chi connectivity index (χ1n) is 28.7. The average molecular weight is 1540 g/mol. The summed E-state index contributed by atoms with van der Waals surface area (Å²) in [6.45, 7) is -7.43. The minimum absolute atomic E-state index is 0.0964. The maximum absolute atomic E-state index is 12.2. The second-order valence-corrected chi connectivity index (χ2v) is 63.6. The molecular formula is C49H86Cl2O35Sn2. The van der Waals surface area contributed by atoms with Gasteiger partial charge in [0.1, 0.15) is 97.7 Å². The van der Waals surface area contributed by atoms with E-state index in [0.29, 0.717) is 0 Å². The summed E-state index contributed by atoms with van der Waals surface area (Å²) >= 11 is -6.75. The van der Waals surface area contributed by atoms with Crippen molar-refractivity contribution in [3.8, 4) is 0 Å². The van der Waals surface area contributed by atoms with Crippen LogP contribution >= 0.6 is 17.8 Å². The maximum atomic E-state index is 12.2. The molecule has 21 rings (SSSR count). The van der Waals surface area contributed by atoms with Crippen molar-refractivity contribution < 1.29 is 173 Å². The van der Waals surface area contributed by atoms with E-state index in [0.717, 1.165) is 0 Å². The van der Waals surface area contributed by atoms with Gasteiger partial charge >= 0.3 is 273 Å². The number of aliphatic hydroxyl groups excluding tert-OH is 20. The molecule has 514 valence electrons. The van der Waals surface area contributed by atoms with Crippen molar-refractivity contribution in [2.24, 2.45) is 0 Å². The Labute approximate surface area is 518 Å². The zero-order valence-corrected chi connectivity index (χ0v) is 55.2. The topological polar surface area (TPSA) is 543 Å². The van der Waals surface area contributed by atoms with E-state index in [-0.39, 0.29) is 15.0 Å². The summed E-state index contributed by atoms with van der Waals surface area (Å²) in [5.41, 5.74) is 0. The SMILES string of the molecule is [CH3][Sn]([CH3])([Cl])[CH](CCO[C@@H]1[C@@H](O)[C@H]2O[C@H]3[C@H](O)[C@@H](O)[C@@H](O[C@H]4[C@H](O)[C@@H](O)[C@@H](O[C@H]5[C@H](O)[C@@H](O)[C@@H](O[C@H]6[C@H](O)[C@@H](O)[C@@H](O[C@H]7[C@H](O)[C@@H](O)[C@@H](O[C@H]8[C@H](O)[C@@H](O)[C@@H](O[C@@H]1[C@@H](CO)O2)O[C@@H]8CO)O[C@@H]7CO)O[C@@H]6CO)O[C@@H]5CO)O[C@@H]4CO)O[C@@H]3CO)[Sn]([CH3])([CH3])[Cl]. The van der Waals surface area contributed by atoms with E-state index in [9.17, 15) is 102 Å². The molecule has 0 aromatic rings. The van der Waals surface area contributed by atoms with E-state index in [1.54, 1.807) is 0 Å². The van der Waals surface area contributed by atoms with Gasteiger partial charge in [-0.25, -0.2) is 0 Å². The van der Waals surface area contributed by atoms with Gasteiger partial charge < -0.3 is 99.2 Å². The molecule has 0 saturated carbocycles. The molecule has 88 heavy (non-hydrogen) atoms. The number of hydrogen-bond acceptors (Lipinski definition) is 35. The Bertz CT molecular complexity index is 2120. The molecule has 0 spiro atoms. The molecule has 0 aromatic carbocycles. The summed E-state index contributed by atoms with van der Waals surface area (Å²) in [7, 11) is 14.1. The molecular weight excluding hydrogens is 1460 g/mol. The van der Waals surface area contributed by atoms with Crippen LogP contribution in [-0.4, -0.2) is 404 Å². The van der Waals surface area contributed by atoms with Gasteiger partial charge in [-0.1, -0.05) is 0 Å². The van der Waals surface area contributed by atoms with Crippen LogP contribution in [-0.2, 0) is 71.1 Å². The second-order valence-electron chi connectivity index (χ2n) is 24.0. The summed E-state index contributed by atoms with van der Waals surface area (Å²) in [4.78, 5) is 7.87. The van der Waals surface area contributed by atoms with Gasteiger partial charge in [-0.05, 0) is 0 Å². The summed E-state index contributed by atoms with van der Waals surface area (Å²) in [5.74, 6) is 0. The number of aliphatic hydroxyl groups is 20. The fourth-order valence-electron chi connectivity index (χ4n) is 12.4. The molecule has 0 aliphatic carbocycles. The van der Waals surface area contributed by atoms with Crippen molar-refractivity contribution in [1.29, 1.82) is 0 Å². The van der Waals surface area contributed by atoms with E-state index < -0.39 is 296 Å². The third-order valence-electron chi connectivity index (χ3n) is 17.1. The van der Waals surface area contributed by atoms with Gasteiger partial charge in [-0.3, -0.25) is 0 Å². The molecule has 39 heteroatoms. The summed E-state index contributed by atoms with van der Waals surface area (Å²) in [5, 5.41) is 224. The first-order chi connectivity index (χ1) is 41.5. The van der Waals surface area contributed by atoms with Gasteiger partial charge in [0.05, 0.1) is 26.4 Å². The number of halogens is 2. The molecule has 21 aliphatic rings. The third-order valence-corrected chi connectivity index (χ3v) is 66.4. The van der Waals surface area contributed by atoms with Crippen LogP contribution in [0.25, 0.3) is 0 Å². The number of hydrogen-bond donors (Lipinski definition) is 20. The third kappa shape index (κ3) is 15.8. The molecule has 21 saturated heterocycles. The van der Waals surface area contributed by atoms with Gasteiger partial charge in [-0.15, -0.1) is 0 Å². The van der Waals surface area contributed by atoms with Gasteiger partial charge in [0.25, 0.3) is 0 Å². The fraction of sp³-hybridized carbons (Fsp3) is 1.00. The Morgan fingerprint density at radius 1 is 0.284 bits per heavy atom. The van der Waals surface area contributed by atoms with Crippen molar-refractivity contribution in [3.05, 3.63) is 0 Å². The Hall–Kier alpha value is 0.777. The number of ether oxygens (including phenoxy) is 15. The molecule has 0 radical (unpaired) electrons. The molecule has 35 atom stereocenters. The van der Waals surface area contributed by atoms with Crippen molar-refractivity contribution >= 4 is 52.3 Å². The Balaban J connectivity index is 1.12. The molecule has 0 aromatic heterocycles.